The maximum atomic E-state index is 11.1. The molecule has 0 aliphatic carbocycles. The SMILES string of the molecule is COC(=O)c1cnc(C=CCC(N)=O)s1. The van der Waals surface area contributed by atoms with Gasteiger partial charge in [0.15, 0.2) is 0 Å². The van der Waals surface area contributed by atoms with Gasteiger partial charge in [0.25, 0.3) is 0 Å². The van der Waals surface area contributed by atoms with Crippen molar-refractivity contribution in [3.63, 3.8) is 0 Å². The van der Waals surface area contributed by atoms with Crippen molar-refractivity contribution in [3.05, 3.63) is 22.2 Å². The molecule has 1 rings (SSSR count). The highest BCUT2D eigenvalue weighted by atomic mass is 32.1. The molecule has 0 aliphatic rings. The van der Waals surface area contributed by atoms with Crippen LogP contribution in [0, 0.1) is 0 Å². The predicted octanol–water partition coefficient (Wildman–Crippen LogP) is 0.818. The zero-order valence-electron chi connectivity index (χ0n) is 8.10. The van der Waals surface area contributed by atoms with Crippen molar-refractivity contribution >= 4 is 29.3 Å². The number of carbonyl (C=O) groups excluding carboxylic acids is 2. The topological polar surface area (TPSA) is 82.3 Å². The van der Waals surface area contributed by atoms with Gasteiger partial charge in [-0.1, -0.05) is 6.08 Å². The summed E-state index contributed by atoms with van der Waals surface area (Å²) in [6.07, 6.45) is 4.83. The van der Waals surface area contributed by atoms with E-state index in [2.05, 4.69) is 9.72 Å². The summed E-state index contributed by atoms with van der Waals surface area (Å²) in [6.45, 7) is 0. The zero-order chi connectivity index (χ0) is 11.3. The first kappa shape index (κ1) is 11.4. The summed E-state index contributed by atoms with van der Waals surface area (Å²) < 4.78 is 4.53. The van der Waals surface area contributed by atoms with Crippen molar-refractivity contribution in [2.45, 2.75) is 6.42 Å². The van der Waals surface area contributed by atoms with Gasteiger partial charge in [-0.2, -0.15) is 0 Å². The number of methoxy groups -OCH3 is 1. The highest BCUT2D eigenvalue weighted by Gasteiger charge is 2.08. The number of hydrogen-bond donors (Lipinski definition) is 1. The van der Waals surface area contributed by atoms with Crippen LogP contribution in [0.25, 0.3) is 6.08 Å². The molecule has 0 aliphatic heterocycles. The van der Waals surface area contributed by atoms with Gasteiger partial charge >= 0.3 is 5.97 Å². The minimum absolute atomic E-state index is 0.160. The van der Waals surface area contributed by atoms with E-state index in [0.717, 1.165) is 0 Å². The Morgan fingerprint density at radius 2 is 2.40 bits per heavy atom. The van der Waals surface area contributed by atoms with E-state index in [1.807, 2.05) is 0 Å². The van der Waals surface area contributed by atoms with Gasteiger partial charge in [0.1, 0.15) is 9.88 Å². The van der Waals surface area contributed by atoms with E-state index in [1.165, 1.54) is 24.6 Å². The Morgan fingerprint density at radius 3 is 3.00 bits per heavy atom. The Balaban J connectivity index is 2.64. The van der Waals surface area contributed by atoms with E-state index in [-0.39, 0.29) is 6.42 Å². The predicted molar refractivity (Wildman–Crippen MR) is 56.3 cm³/mol. The number of nitrogens with zero attached hydrogens (tertiary/aromatic N) is 1. The van der Waals surface area contributed by atoms with Crippen LogP contribution in [0.2, 0.25) is 0 Å². The molecule has 0 atom stereocenters. The summed E-state index contributed by atoms with van der Waals surface area (Å²) in [6, 6.07) is 0. The average Bonchev–Trinajstić information content (AvgIpc) is 2.65. The first-order chi connectivity index (χ1) is 7.13. The Hall–Kier alpha value is -1.69. The number of carbonyl (C=O) groups is 2. The van der Waals surface area contributed by atoms with Crippen LogP contribution in [-0.2, 0) is 9.53 Å². The van der Waals surface area contributed by atoms with Crippen LogP contribution in [0.4, 0.5) is 0 Å². The molecular weight excluding hydrogens is 216 g/mol. The molecule has 0 saturated carbocycles. The quantitative estimate of drug-likeness (QED) is 0.770. The molecule has 5 nitrogen and oxygen atoms in total. The fourth-order valence-electron chi connectivity index (χ4n) is 0.836. The maximum Gasteiger partial charge on any atom is 0.349 e. The second-order valence-electron chi connectivity index (χ2n) is 2.63. The molecule has 6 heteroatoms. The van der Waals surface area contributed by atoms with Crippen LogP contribution in [0.5, 0.6) is 0 Å². The van der Waals surface area contributed by atoms with Gasteiger partial charge in [-0.15, -0.1) is 11.3 Å². The Labute approximate surface area is 90.6 Å². The molecule has 1 heterocycles. The lowest BCUT2D eigenvalue weighted by atomic mass is 10.4. The van der Waals surface area contributed by atoms with E-state index in [4.69, 9.17) is 5.73 Å². The molecule has 0 bridgehead atoms. The van der Waals surface area contributed by atoms with Gasteiger partial charge < -0.3 is 10.5 Å². The molecule has 0 unspecified atom stereocenters. The minimum Gasteiger partial charge on any atom is -0.465 e. The second kappa shape index (κ2) is 5.26. The van der Waals surface area contributed by atoms with Crippen molar-refractivity contribution in [2.75, 3.05) is 7.11 Å². The maximum absolute atomic E-state index is 11.1. The molecule has 15 heavy (non-hydrogen) atoms. The number of aromatic nitrogens is 1. The number of rotatable bonds is 4. The summed E-state index contributed by atoms with van der Waals surface area (Å²) in [4.78, 5) is 25.9. The summed E-state index contributed by atoms with van der Waals surface area (Å²) in [5.74, 6) is -0.821. The van der Waals surface area contributed by atoms with Crippen molar-refractivity contribution in [1.82, 2.24) is 4.98 Å². The lowest BCUT2D eigenvalue weighted by molar-refractivity contribution is -0.117. The largest absolute Gasteiger partial charge is 0.465 e. The van der Waals surface area contributed by atoms with E-state index >= 15 is 0 Å². The van der Waals surface area contributed by atoms with Gasteiger partial charge in [-0.25, -0.2) is 9.78 Å². The van der Waals surface area contributed by atoms with E-state index in [1.54, 1.807) is 12.2 Å². The smallest absolute Gasteiger partial charge is 0.349 e. The van der Waals surface area contributed by atoms with E-state index in [9.17, 15) is 9.59 Å². The molecule has 0 spiro atoms. The molecule has 1 aromatic rings. The summed E-state index contributed by atoms with van der Waals surface area (Å²) in [5.41, 5.74) is 4.95. The second-order valence-corrected chi connectivity index (χ2v) is 3.69. The highest BCUT2D eigenvalue weighted by Crippen LogP contribution is 2.15. The molecule has 80 valence electrons. The van der Waals surface area contributed by atoms with Crippen molar-refractivity contribution in [3.8, 4) is 0 Å². The number of esters is 1. The summed E-state index contributed by atoms with van der Waals surface area (Å²) >= 11 is 1.19. The molecule has 0 saturated heterocycles. The summed E-state index contributed by atoms with van der Waals surface area (Å²) in [7, 11) is 1.31. The number of ether oxygens (including phenoxy) is 1. The fourth-order valence-corrected chi connectivity index (χ4v) is 1.60. The average molecular weight is 226 g/mol. The van der Waals surface area contributed by atoms with Gasteiger partial charge in [0.2, 0.25) is 5.91 Å². The number of amides is 1. The number of nitrogens with two attached hydrogens (primary N) is 1. The van der Waals surface area contributed by atoms with Crippen LogP contribution < -0.4 is 5.73 Å². The Kier molecular flexibility index (Phi) is 3.99. The van der Waals surface area contributed by atoms with Crippen molar-refractivity contribution < 1.29 is 14.3 Å². The number of thiazole rings is 1. The third-order valence-corrected chi connectivity index (χ3v) is 2.43. The van der Waals surface area contributed by atoms with Crippen LogP contribution in [0.15, 0.2) is 12.3 Å². The van der Waals surface area contributed by atoms with E-state index < -0.39 is 11.9 Å². The molecule has 0 aromatic carbocycles. The van der Waals surface area contributed by atoms with Crippen LogP contribution in [-0.4, -0.2) is 24.0 Å². The van der Waals surface area contributed by atoms with Crippen LogP contribution in [0.3, 0.4) is 0 Å². The van der Waals surface area contributed by atoms with Crippen LogP contribution >= 0.6 is 11.3 Å². The third-order valence-electron chi connectivity index (χ3n) is 1.49. The van der Waals surface area contributed by atoms with Crippen LogP contribution in [0.1, 0.15) is 21.1 Å². The Bertz CT molecular complexity index is 398. The van der Waals surface area contributed by atoms with Crippen molar-refractivity contribution in [2.24, 2.45) is 5.73 Å². The normalized spacial score (nSPS) is 10.5. The number of hydrogen-bond acceptors (Lipinski definition) is 5. The molecule has 1 amide bonds. The van der Waals surface area contributed by atoms with Gasteiger partial charge in [-0.3, -0.25) is 4.79 Å². The highest BCUT2D eigenvalue weighted by molar-refractivity contribution is 7.14. The standard InChI is InChI=1S/C9H10N2O3S/c1-14-9(13)6-5-11-8(15-6)4-2-3-7(10)12/h2,4-5H,3H2,1H3,(H2,10,12). The van der Waals surface area contributed by atoms with Gasteiger partial charge in [0, 0.05) is 6.42 Å². The molecule has 0 radical (unpaired) electrons. The molecular formula is C9H10N2O3S. The first-order valence-corrected chi connectivity index (χ1v) is 4.94. The van der Waals surface area contributed by atoms with E-state index in [0.29, 0.717) is 9.88 Å². The molecule has 2 N–H and O–H groups in total. The van der Waals surface area contributed by atoms with Gasteiger partial charge in [-0.05, 0) is 6.08 Å². The minimum atomic E-state index is -0.415. The first-order valence-electron chi connectivity index (χ1n) is 4.12. The third kappa shape index (κ3) is 3.51. The van der Waals surface area contributed by atoms with Gasteiger partial charge in [0.05, 0.1) is 13.3 Å². The zero-order valence-corrected chi connectivity index (χ0v) is 8.91. The monoisotopic (exact) mass is 226 g/mol. The molecule has 1 aromatic heterocycles. The molecule has 0 fully saturated rings. The lowest BCUT2D eigenvalue weighted by Crippen LogP contribution is -2.07. The van der Waals surface area contributed by atoms with Crippen molar-refractivity contribution in [1.29, 1.82) is 0 Å². The number of primary amides is 1. The Morgan fingerprint density at radius 1 is 1.67 bits per heavy atom. The fraction of sp³-hybridized carbons (Fsp3) is 0.222. The lowest BCUT2D eigenvalue weighted by Gasteiger charge is -1.90. The summed E-state index contributed by atoms with van der Waals surface area (Å²) in [5, 5.41) is 0.636.